The highest BCUT2D eigenvalue weighted by Gasteiger charge is 2.56. The van der Waals surface area contributed by atoms with E-state index < -0.39 is 5.67 Å². The van der Waals surface area contributed by atoms with Gasteiger partial charge in [-0.25, -0.2) is 4.39 Å². The van der Waals surface area contributed by atoms with Crippen molar-refractivity contribution in [1.82, 2.24) is 14.8 Å². The molecule has 1 saturated carbocycles. The van der Waals surface area contributed by atoms with Crippen LogP contribution in [0.3, 0.4) is 0 Å². The van der Waals surface area contributed by atoms with Crippen LogP contribution in [0.15, 0.2) is 24.4 Å². The number of carbonyl (C=O) groups excluding carboxylic acids is 1. The molecule has 1 aromatic rings. The highest BCUT2D eigenvalue weighted by atomic mass is 19.1. The van der Waals surface area contributed by atoms with Gasteiger partial charge in [-0.2, -0.15) is 0 Å². The van der Waals surface area contributed by atoms with Gasteiger partial charge in [-0.1, -0.05) is 6.07 Å². The third-order valence-electron chi connectivity index (χ3n) is 6.47. The molecule has 0 radical (unpaired) electrons. The molecule has 2 saturated heterocycles. The zero-order valence-electron chi connectivity index (χ0n) is 15.5. The smallest absolute Gasteiger partial charge is 0.260 e. The zero-order chi connectivity index (χ0) is 18.2. The van der Waals surface area contributed by atoms with Crippen LogP contribution in [0.1, 0.15) is 37.8 Å². The quantitative estimate of drug-likeness (QED) is 0.808. The topological polar surface area (TPSA) is 45.7 Å². The first-order valence-corrected chi connectivity index (χ1v) is 9.68. The molecule has 1 amide bonds. The van der Waals surface area contributed by atoms with E-state index in [1.54, 1.807) is 11.1 Å². The van der Waals surface area contributed by atoms with E-state index in [-0.39, 0.29) is 11.4 Å². The number of aromatic nitrogens is 1. The van der Waals surface area contributed by atoms with Crippen LogP contribution in [0.5, 0.6) is 0 Å². The fourth-order valence-corrected chi connectivity index (χ4v) is 4.53. The van der Waals surface area contributed by atoms with Gasteiger partial charge < -0.3 is 9.64 Å². The third-order valence-corrected chi connectivity index (χ3v) is 6.47. The Balaban J connectivity index is 1.28. The van der Waals surface area contributed by atoms with Crippen molar-refractivity contribution in [2.24, 2.45) is 5.92 Å². The van der Waals surface area contributed by atoms with Crippen LogP contribution in [-0.4, -0.2) is 65.2 Å². The Morgan fingerprint density at radius 2 is 2.19 bits per heavy atom. The lowest BCUT2D eigenvalue weighted by Crippen LogP contribution is -2.74. The maximum atomic E-state index is 14.4. The van der Waals surface area contributed by atoms with Gasteiger partial charge in [0.15, 0.2) is 5.67 Å². The van der Waals surface area contributed by atoms with Crippen molar-refractivity contribution in [2.75, 3.05) is 33.3 Å². The fraction of sp³-hybridized carbons (Fsp3) is 0.700. The first-order chi connectivity index (χ1) is 12.5. The van der Waals surface area contributed by atoms with Gasteiger partial charge in [0, 0.05) is 19.3 Å². The number of hydrogen-bond donors (Lipinski definition) is 0. The monoisotopic (exact) mass is 361 g/mol. The Morgan fingerprint density at radius 1 is 1.38 bits per heavy atom. The summed E-state index contributed by atoms with van der Waals surface area (Å²) in [4.78, 5) is 20.7. The molecule has 0 N–H and O–H groups in total. The molecule has 3 fully saturated rings. The van der Waals surface area contributed by atoms with Crippen molar-refractivity contribution in [3.8, 4) is 0 Å². The van der Waals surface area contributed by atoms with Crippen LogP contribution in [0.2, 0.25) is 0 Å². The van der Waals surface area contributed by atoms with E-state index in [0.29, 0.717) is 45.1 Å². The second-order valence-electron chi connectivity index (χ2n) is 8.32. The van der Waals surface area contributed by atoms with Crippen LogP contribution < -0.4 is 0 Å². The average molecular weight is 361 g/mol. The summed E-state index contributed by atoms with van der Waals surface area (Å²) >= 11 is 0. The van der Waals surface area contributed by atoms with Gasteiger partial charge in [0.1, 0.15) is 0 Å². The summed E-state index contributed by atoms with van der Waals surface area (Å²) in [6.45, 7) is 3.57. The summed E-state index contributed by atoms with van der Waals surface area (Å²) in [6, 6.07) is 5.84. The highest BCUT2D eigenvalue weighted by molar-refractivity contribution is 5.87. The van der Waals surface area contributed by atoms with E-state index in [9.17, 15) is 9.18 Å². The molecule has 1 atom stereocenters. The molecule has 4 rings (SSSR count). The van der Waals surface area contributed by atoms with Gasteiger partial charge in [-0.3, -0.25) is 14.7 Å². The minimum atomic E-state index is -1.57. The van der Waals surface area contributed by atoms with Gasteiger partial charge in [0.2, 0.25) is 0 Å². The van der Waals surface area contributed by atoms with Crippen molar-refractivity contribution >= 4 is 5.91 Å². The maximum Gasteiger partial charge on any atom is 0.260 e. The molecule has 1 spiro atoms. The largest absolute Gasteiger partial charge is 0.375 e. The van der Waals surface area contributed by atoms with Crippen LogP contribution in [0, 0.1) is 5.92 Å². The first-order valence-electron chi connectivity index (χ1n) is 9.68. The molecule has 6 heteroatoms. The first kappa shape index (κ1) is 17.9. The molecular weight excluding hydrogens is 333 g/mol. The molecule has 142 valence electrons. The predicted octanol–water partition coefficient (Wildman–Crippen LogP) is 2.41. The lowest BCUT2D eigenvalue weighted by atomic mass is 9.73. The van der Waals surface area contributed by atoms with Crippen LogP contribution in [-0.2, 0) is 16.1 Å². The van der Waals surface area contributed by atoms with E-state index in [2.05, 4.69) is 16.9 Å². The summed E-state index contributed by atoms with van der Waals surface area (Å²) in [5.41, 5.74) is -0.614. The van der Waals surface area contributed by atoms with E-state index >= 15 is 0 Å². The Hall–Kier alpha value is -1.53. The Labute approximate surface area is 154 Å². The molecule has 3 heterocycles. The Morgan fingerprint density at radius 3 is 2.85 bits per heavy atom. The van der Waals surface area contributed by atoms with Gasteiger partial charge in [-0.15, -0.1) is 0 Å². The number of alkyl halides is 1. The molecule has 0 unspecified atom stereocenters. The lowest BCUT2D eigenvalue weighted by Gasteiger charge is -2.59. The van der Waals surface area contributed by atoms with E-state index in [0.717, 1.165) is 31.5 Å². The Kier molecular flexibility index (Phi) is 4.73. The minimum Gasteiger partial charge on any atom is -0.375 e. The number of likely N-dealkylation sites (N-methyl/N-ethyl adjacent to an activating group) is 1. The van der Waals surface area contributed by atoms with Crippen molar-refractivity contribution in [2.45, 2.75) is 49.9 Å². The molecule has 1 aliphatic carbocycles. The second kappa shape index (κ2) is 6.89. The molecule has 26 heavy (non-hydrogen) atoms. The van der Waals surface area contributed by atoms with Gasteiger partial charge >= 0.3 is 0 Å². The number of ether oxygens (including phenoxy) is 1. The standard InChI is InChI=1S/C20H28FN3O2/c1-23-10-6-16(12-26-13-17-5-2-3-9-22-17)11-19(23)14-24(15-19)18(25)20(21)7-4-8-20/h2-3,5,9,16H,4,6-8,10-15H2,1H3/t16-/m0/s1. The number of rotatable bonds is 5. The summed E-state index contributed by atoms with van der Waals surface area (Å²) in [5.74, 6) is 0.200. The van der Waals surface area contributed by atoms with Crippen molar-refractivity contribution in [3.05, 3.63) is 30.1 Å². The van der Waals surface area contributed by atoms with E-state index in [1.807, 2.05) is 18.2 Å². The molecule has 3 aliphatic rings. The summed E-state index contributed by atoms with van der Waals surface area (Å²) in [5, 5.41) is 0. The lowest BCUT2D eigenvalue weighted by molar-refractivity contribution is -0.169. The number of halogens is 1. The Bertz CT molecular complexity index is 644. The number of likely N-dealkylation sites (tertiary alicyclic amines) is 2. The van der Waals surface area contributed by atoms with Crippen molar-refractivity contribution in [1.29, 1.82) is 0 Å². The van der Waals surface area contributed by atoms with Gasteiger partial charge in [0.05, 0.1) is 24.4 Å². The highest BCUT2D eigenvalue weighted by Crippen LogP contribution is 2.43. The number of pyridine rings is 1. The fourth-order valence-electron chi connectivity index (χ4n) is 4.53. The summed E-state index contributed by atoms with van der Waals surface area (Å²) < 4.78 is 20.3. The number of hydrogen-bond acceptors (Lipinski definition) is 4. The van der Waals surface area contributed by atoms with Crippen LogP contribution in [0.25, 0.3) is 0 Å². The molecule has 5 nitrogen and oxygen atoms in total. The predicted molar refractivity (Wildman–Crippen MR) is 96.2 cm³/mol. The molecule has 0 aromatic carbocycles. The van der Waals surface area contributed by atoms with Crippen LogP contribution >= 0.6 is 0 Å². The number of amides is 1. The third kappa shape index (κ3) is 3.25. The van der Waals surface area contributed by atoms with Gasteiger partial charge in [0.25, 0.3) is 5.91 Å². The normalized spacial score (nSPS) is 27.0. The van der Waals surface area contributed by atoms with Crippen molar-refractivity contribution < 1.29 is 13.9 Å². The van der Waals surface area contributed by atoms with E-state index in [4.69, 9.17) is 4.74 Å². The molecule has 0 bridgehead atoms. The maximum absolute atomic E-state index is 14.4. The zero-order valence-corrected chi connectivity index (χ0v) is 15.5. The summed E-state index contributed by atoms with van der Waals surface area (Å²) in [7, 11) is 2.13. The number of piperidine rings is 1. The molecular formula is C20H28FN3O2. The SMILES string of the molecule is CN1CC[C@H](COCc2ccccn2)CC12CN(C(=O)C1(F)CCC1)C2. The average Bonchev–Trinajstić information content (AvgIpc) is 2.59. The summed E-state index contributed by atoms with van der Waals surface area (Å²) in [6.07, 6.45) is 5.51. The van der Waals surface area contributed by atoms with Crippen molar-refractivity contribution in [3.63, 3.8) is 0 Å². The van der Waals surface area contributed by atoms with Gasteiger partial charge in [-0.05, 0) is 63.7 Å². The number of nitrogens with zero attached hydrogens (tertiary/aromatic N) is 3. The molecule has 2 aliphatic heterocycles. The van der Waals surface area contributed by atoms with E-state index in [1.165, 1.54) is 0 Å². The second-order valence-corrected chi connectivity index (χ2v) is 8.32. The van der Waals surface area contributed by atoms with Crippen LogP contribution in [0.4, 0.5) is 4.39 Å². The minimum absolute atomic E-state index is 0.00698. The molecule has 1 aromatic heterocycles. The number of carbonyl (C=O) groups is 1.